The van der Waals surface area contributed by atoms with Crippen LogP contribution in [-0.4, -0.2) is 61.8 Å². The zero-order chi connectivity index (χ0) is 18.2. The van der Waals surface area contributed by atoms with Crippen molar-refractivity contribution in [2.45, 2.75) is 25.9 Å². The lowest BCUT2D eigenvalue weighted by atomic mass is 10.1. The molecule has 1 saturated heterocycles. The van der Waals surface area contributed by atoms with E-state index in [9.17, 15) is 0 Å². The highest BCUT2D eigenvalue weighted by molar-refractivity contribution is 14.0. The van der Waals surface area contributed by atoms with Gasteiger partial charge in [-0.1, -0.05) is 18.2 Å². The van der Waals surface area contributed by atoms with E-state index in [0.717, 1.165) is 68.3 Å². The first-order valence-electron chi connectivity index (χ1n) is 9.47. The molecule has 0 radical (unpaired) electrons. The van der Waals surface area contributed by atoms with Gasteiger partial charge in [0.05, 0.1) is 11.6 Å². The van der Waals surface area contributed by atoms with Crippen molar-refractivity contribution in [3.63, 3.8) is 0 Å². The van der Waals surface area contributed by atoms with Crippen LogP contribution >= 0.6 is 24.0 Å². The minimum Gasteiger partial charge on any atom is -0.378 e. The molecule has 2 N–H and O–H groups in total. The number of aromatic nitrogens is 1. The average Bonchev–Trinajstić information content (AvgIpc) is 2.69. The molecular formula is C20H30IN5O. The maximum atomic E-state index is 5.72. The maximum absolute atomic E-state index is 5.72. The molecule has 0 unspecified atom stereocenters. The summed E-state index contributed by atoms with van der Waals surface area (Å²) in [6.45, 7) is 6.43. The van der Waals surface area contributed by atoms with Gasteiger partial charge < -0.3 is 20.3 Å². The van der Waals surface area contributed by atoms with Crippen molar-refractivity contribution < 1.29 is 4.74 Å². The minimum atomic E-state index is 0. The Balaban J connectivity index is 0.00000261. The normalized spacial score (nSPS) is 15.5. The molecular weight excluding hydrogens is 453 g/mol. The van der Waals surface area contributed by atoms with Gasteiger partial charge in [-0.3, -0.25) is 4.99 Å². The number of piperidine rings is 1. The van der Waals surface area contributed by atoms with Crippen LogP contribution in [0.15, 0.2) is 41.4 Å². The van der Waals surface area contributed by atoms with Crippen LogP contribution in [0, 0.1) is 0 Å². The van der Waals surface area contributed by atoms with Crippen LogP contribution in [0.5, 0.6) is 0 Å². The predicted molar refractivity (Wildman–Crippen MR) is 123 cm³/mol. The third-order valence-electron chi connectivity index (χ3n) is 4.67. The SMILES string of the molecule is CCOC1CCN(C(=NC)NCCNc2ccc3ccccc3n2)CC1.I. The van der Waals surface area contributed by atoms with Gasteiger partial charge in [-0.2, -0.15) is 0 Å². The fraction of sp³-hybridized carbons (Fsp3) is 0.500. The van der Waals surface area contributed by atoms with Crippen molar-refractivity contribution >= 4 is 46.7 Å². The molecule has 7 heteroatoms. The van der Waals surface area contributed by atoms with Gasteiger partial charge in [-0.25, -0.2) is 4.98 Å². The molecule has 1 aliphatic heterocycles. The van der Waals surface area contributed by atoms with Gasteiger partial charge in [0.2, 0.25) is 0 Å². The molecule has 0 saturated carbocycles. The van der Waals surface area contributed by atoms with Gasteiger partial charge in [-0.15, -0.1) is 24.0 Å². The highest BCUT2D eigenvalue weighted by Crippen LogP contribution is 2.15. The smallest absolute Gasteiger partial charge is 0.193 e. The summed E-state index contributed by atoms with van der Waals surface area (Å²) in [7, 11) is 1.84. The summed E-state index contributed by atoms with van der Waals surface area (Å²) in [6, 6.07) is 12.3. The third-order valence-corrected chi connectivity index (χ3v) is 4.67. The second kappa shape index (κ2) is 11.3. The summed E-state index contributed by atoms with van der Waals surface area (Å²) in [6.07, 6.45) is 2.52. The Morgan fingerprint density at radius 3 is 2.70 bits per heavy atom. The van der Waals surface area contributed by atoms with E-state index < -0.39 is 0 Å². The number of hydrogen-bond acceptors (Lipinski definition) is 4. The molecule has 0 bridgehead atoms. The summed E-state index contributed by atoms with van der Waals surface area (Å²) < 4.78 is 5.72. The molecule has 1 aromatic carbocycles. The second-order valence-corrected chi connectivity index (χ2v) is 6.43. The van der Waals surface area contributed by atoms with Crippen molar-refractivity contribution in [2.24, 2.45) is 4.99 Å². The van der Waals surface area contributed by atoms with Crippen LogP contribution in [0.2, 0.25) is 0 Å². The topological polar surface area (TPSA) is 61.8 Å². The van der Waals surface area contributed by atoms with Gasteiger partial charge in [-0.05, 0) is 38.0 Å². The Kier molecular flexibility index (Phi) is 9.06. The van der Waals surface area contributed by atoms with E-state index >= 15 is 0 Å². The Hall–Kier alpha value is -1.61. The van der Waals surface area contributed by atoms with Gasteiger partial charge >= 0.3 is 0 Å². The quantitative estimate of drug-likeness (QED) is 0.286. The van der Waals surface area contributed by atoms with E-state index in [1.54, 1.807) is 0 Å². The molecule has 2 aromatic rings. The third kappa shape index (κ3) is 6.21. The first-order valence-corrected chi connectivity index (χ1v) is 9.47. The van der Waals surface area contributed by atoms with E-state index in [1.807, 2.05) is 31.3 Å². The van der Waals surface area contributed by atoms with E-state index in [1.165, 1.54) is 0 Å². The Morgan fingerprint density at radius 1 is 1.19 bits per heavy atom. The monoisotopic (exact) mass is 483 g/mol. The molecule has 0 spiro atoms. The van der Waals surface area contributed by atoms with Crippen LogP contribution < -0.4 is 10.6 Å². The number of nitrogens with one attached hydrogen (secondary N) is 2. The standard InChI is InChI=1S/C20H29N5O.HI/c1-3-26-17-10-14-25(15-11-17)20(21-2)23-13-12-22-19-9-8-16-6-4-5-7-18(16)24-19;/h4-9,17H,3,10-15H2,1-2H3,(H,21,23)(H,22,24);1H. The Morgan fingerprint density at radius 2 is 1.96 bits per heavy atom. The number of hydrogen-bond donors (Lipinski definition) is 2. The van der Waals surface area contributed by atoms with E-state index in [2.05, 4.69) is 44.6 Å². The van der Waals surface area contributed by atoms with Crippen LogP contribution in [0.25, 0.3) is 10.9 Å². The largest absolute Gasteiger partial charge is 0.378 e. The fourth-order valence-electron chi connectivity index (χ4n) is 3.33. The molecule has 27 heavy (non-hydrogen) atoms. The molecule has 0 amide bonds. The van der Waals surface area contributed by atoms with Crippen molar-refractivity contribution in [3.8, 4) is 0 Å². The number of guanidine groups is 1. The lowest BCUT2D eigenvalue weighted by Crippen LogP contribution is -2.47. The summed E-state index contributed by atoms with van der Waals surface area (Å²) in [5.74, 6) is 1.87. The summed E-state index contributed by atoms with van der Waals surface area (Å²) in [5.41, 5.74) is 1.01. The first kappa shape index (κ1) is 21.7. The number of fused-ring (bicyclic) bond motifs is 1. The second-order valence-electron chi connectivity index (χ2n) is 6.43. The summed E-state index contributed by atoms with van der Waals surface area (Å²) >= 11 is 0. The number of halogens is 1. The van der Waals surface area contributed by atoms with Gasteiger partial charge in [0.15, 0.2) is 5.96 Å². The van der Waals surface area contributed by atoms with Crippen LogP contribution in [0.1, 0.15) is 19.8 Å². The van der Waals surface area contributed by atoms with E-state index in [-0.39, 0.29) is 24.0 Å². The van der Waals surface area contributed by atoms with E-state index in [0.29, 0.717) is 6.10 Å². The van der Waals surface area contributed by atoms with Crippen molar-refractivity contribution in [2.75, 3.05) is 45.2 Å². The van der Waals surface area contributed by atoms with Crippen molar-refractivity contribution in [1.29, 1.82) is 0 Å². The predicted octanol–water partition coefficient (Wildman–Crippen LogP) is 3.34. The molecule has 1 aromatic heterocycles. The highest BCUT2D eigenvalue weighted by atomic mass is 127. The van der Waals surface area contributed by atoms with Crippen molar-refractivity contribution in [1.82, 2.24) is 15.2 Å². The molecule has 1 fully saturated rings. The molecule has 0 atom stereocenters. The molecule has 3 rings (SSSR count). The number of benzene rings is 1. The molecule has 2 heterocycles. The number of nitrogens with zero attached hydrogens (tertiary/aromatic N) is 3. The van der Waals surface area contributed by atoms with Crippen LogP contribution in [-0.2, 0) is 4.74 Å². The number of para-hydroxylation sites is 1. The van der Waals surface area contributed by atoms with Gasteiger partial charge in [0.1, 0.15) is 5.82 Å². The number of pyridine rings is 1. The Labute approximate surface area is 178 Å². The first-order chi connectivity index (χ1) is 12.8. The van der Waals surface area contributed by atoms with Gasteiger partial charge in [0, 0.05) is 45.2 Å². The molecule has 6 nitrogen and oxygen atoms in total. The summed E-state index contributed by atoms with van der Waals surface area (Å²) in [4.78, 5) is 11.4. The Bertz CT molecular complexity index is 731. The van der Waals surface area contributed by atoms with Crippen molar-refractivity contribution in [3.05, 3.63) is 36.4 Å². The number of aliphatic imine (C=N–C) groups is 1. The zero-order valence-electron chi connectivity index (χ0n) is 16.1. The number of anilines is 1. The number of ether oxygens (including phenoxy) is 1. The average molecular weight is 483 g/mol. The lowest BCUT2D eigenvalue weighted by molar-refractivity contribution is 0.0264. The number of likely N-dealkylation sites (tertiary alicyclic amines) is 1. The number of rotatable bonds is 6. The maximum Gasteiger partial charge on any atom is 0.193 e. The lowest BCUT2D eigenvalue weighted by Gasteiger charge is -2.34. The highest BCUT2D eigenvalue weighted by Gasteiger charge is 2.21. The zero-order valence-corrected chi connectivity index (χ0v) is 18.5. The molecule has 148 valence electrons. The minimum absolute atomic E-state index is 0. The van der Waals surface area contributed by atoms with Crippen LogP contribution in [0.4, 0.5) is 5.82 Å². The summed E-state index contributed by atoms with van der Waals surface area (Å²) in [5, 5.41) is 7.97. The van der Waals surface area contributed by atoms with E-state index in [4.69, 9.17) is 4.74 Å². The fourth-order valence-corrected chi connectivity index (χ4v) is 3.33. The molecule has 1 aliphatic rings. The van der Waals surface area contributed by atoms with Gasteiger partial charge in [0.25, 0.3) is 0 Å². The molecule has 0 aliphatic carbocycles. The van der Waals surface area contributed by atoms with Crippen LogP contribution in [0.3, 0.4) is 0 Å².